The number of halogens is 3. The normalized spacial score (nSPS) is 11.6. The van der Waals surface area contributed by atoms with Crippen molar-refractivity contribution in [1.29, 1.82) is 0 Å². The van der Waals surface area contributed by atoms with Gasteiger partial charge in [-0.3, -0.25) is 9.59 Å². The summed E-state index contributed by atoms with van der Waals surface area (Å²) < 4.78 is 42.4. The van der Waals surface area contributed by atoms with Gasteiger partial charge in [0.05, 0.1) is 16.6 Å². The van der Waals surface area contributed by atoms with E-state index in [1.807, 2.05) is 0 Å². The number of alkyl halides is 3. The van der Waals surface area contributed by atoms with Crippen LogP contribution in [0.25, 0.3) is 10.2 Å². The van der Waals surface area contributed by atoms with Gasteiger partial charge < -0.3 is 14.6 Å². The first kappa shape index (κ1) is 18.9. The quantitative estimate of drug-likeness (QED) is 0.731. The molecule has 1 amide bonds. The van der Waals surface area contributed by atoms with Crippen molar-refractivity contribution in [1.82, 2.24) is 9.55 Å². The molecule has 3 rings (SSSR count). The molecule has 10 heteroatoms. The fourth-order valence-electron chi connectivity index (χ4n) is 2.41. The number of aromatic nitrogens is 2. The van der Waals surface area contributed by atoms with Gasteiger partial charge in [-0.1, -0.05) is 0 Å². The van der Waals surface area contributed by atoms with E-state index in [2.05, 4.69) is 15.0 Å². The monoisotopic (exact) mass is 397 g/mol. The van der Waals surface area contributed by atoms with Gasteiger partial charge in [0.25, 0.3) is 11.5 Å². The predicted octanol–water partition coefficient (Wildman–Crippen LogP) is 3.50. The molecule has 1 N–H and O–H groups in total. The van der Waals surface area contributed by atoms with Gasteiger partial charge in [-0.25, -0.2) is 4.98 Å². The van der Waals surface area contributed by atoms with E-state index in [9.17, 15) is 22.8 Å². The van der Waals surface area contributed by atoms with Crippen LogP contribution in [0.3, 0.4) is 0 Å². The molecule has 0 fully saturated rings. The second kappa shape index (κ2) is 7.03. The van der Waals surface area contributed by atoms with Crippen LogP contribution in [-0.4, -0.2) is 28.2 Å². The van der Waals surface area contributed by atoms with Crippen LogP contribution in [0.5, 0.6) is 5.75 Å². The van der Waals surface area contributed by atoms with Crippen molar-refractivity contribution in [2.75, 3.05) is 11.9 Å². The van der Waals surface area contributed by atoms with Gasteiger partial charge in [0.2, 0.25) is 0 Å². The second-order valence-electron chi connectivity index (χ2n) is 5.78. The molecular weight excluding hydrogens is 383 g/mol. The first-order valence-electron chi connectivity index (χ1n) is 7.71. The number of nitrogens with one attached hydrogen (secondary N) is 1. The van der Waals surface area contributed by atoms with E-state index in [-0.39, 0.29) is 11.3 Å². The third-order valence-electron chi connectivity index (χ3n) is 3.73. The zero-order valence-electron chi connectivity index (χ0n) is 14.3. The fraction of sp³-hybridized carbons (Fsp3) is 0.235. The van der Waals surface area contributed by atoms with Crippen LogP contribution < -0.4 is 15.6 Å². The van der Waals surface area contributed by atoms with Gasteiger partial charge in [0, 0.05) is 12.7 Å². The van der Waals surface area contributed by atoms with Gasteiger partial charge in [-0.15, -0.1) is 11.3 Å². The van der Waals surface area contributed by atoms with Crippen LogP contribution in [0.2, 0.25) is 0 Å². The number of thiophene rings is 1. The molecule has 0 atom stereocenters. The number of carbonyl (C=O) groups is 1. The molecule has 2 heterocycles. The highest BCUT2D eigenvalue weighted by molar-refractivity contribution is 7.20. The van der Waals surface area contributed by atoms with Gasteiger partial charge in [0.15, 0.2) is 6.61 Å². The number of amides is 1. The van der Waals surface area contributed by atoms with Crippen molar-refractivity contribution in [3.63, 3.8) is 0 Å². The molecule has 0 aliphatic rings. The molecule has 6 nitrogen and oxygen atoms in total. The number of carbonyl (C=O) groups excluding carboxylic acids is 1. The largest absolute Gasteiger partial charge is 0.484 e. The number of fused-ring (bicyclic) bond motifs is 1. The van der Waals surface area contributed by atoms with E-state index in [1.165, 1.54) is 35.2 Å². The Hall–Kier alpha value is -2.88. The Morgan fingerprint density at radius 3 is 2.59 bits per heavy atom. The highest BCUT2D eigenvalue weighted by atomic mass is 32.1. The molecule has 0 aliphatic carbocycles. The second-order valence-corrected chi connectivity index (χ2v) is 6.78. The number of hydrogen-bond acceptors (Lipinski definition) is 5. The van der Waals surface area contributed by atoms with Crippen molar-refractivity contribution in [2.45, 2.75) is 13.1 Å². The van der Waals surface area contributed by atoms with Crippen molar-refractivity contribution in [3.05, 3.63) is 51.4 Å². The van der Waals surface area contributed by atoms with Crippen LogP contribution >= 0.6 is 11.3 Å². The SMILES string of the molecule is Cc1c(C(=O)Nc2ccc(OCC(F)(F)F)cc2)sc2ncn(C)c(=O)c12. The number of anilines is 1. The van der Waals surface area contributed by atoms with E-state index in [0.29, 0.717) is 26.3 Å². The molecule has 0 saturated heterocycles. The number of hydrogen-bond donors (Lipinski definition) is 1. The molecule has 0 saturated carbocycles. The zero-order chi connectivity index (χ0) is 19.8. The first-order chi connectivity index (χ1) is 12.7. The van der Waals surface area contributed by atoms with E-state index in [4.69, 9.17) is 0 Å². The van der Waals surface area contributed by atoms with E-state index in [1.54, 1.807) is 14.0 Å². The van der Waals surface area contributed by atoms with Crippen LogP contribution in [0.1, 0.15) is 15.2 Å². The maximum absolute atomic E-state index is 12.5. The van der Waals surface area contributed by atoms with Gasteiger partial charge >= 0.3 is 6.18 Å². The summed E-state index contributed by atoms with van der Waals surface area (Å²) in [6.07, 6.45) is -3.03. The number of ether oxygens (including phenoxy) is 1. The minimum Gasteiger partial charge on any atom is -0.484 e. The molecule has 142 valence electrons. The maximum Gasteiger partial charge on any atom is 0.422 e. The van der Waals surface area contributed by atoms with Gasteiger partial charge in [0.1, 0.15) is 10.6 Å². The first-order valence-corrected chi connectivity index (χ1v) is 8.53. The Balaban J connectivity index is 1.78. The molecule has 2 aromatic heterocycles. The average Bonchev–Trinajstić information content (AvgIpc) is 2.94. The Kier molecular flexibility index (Phi) is 4.92. The number of nitrogens with zero attached hydrogens (tertiary/aromatic N) is 2. The van der Waals surface area contributed by atoms with Crippen molar-refractivity contribution in [3.8, 4) is 5.75 Å². The Bertz CT molecular complexity index is 1060. The van der Waals surface area contributed by atoms with Crippen molar-refractivity contribution < 1.29 is 22.7 Å². The van der Waals surface area contributed by atoms with E-state index >= 15 is 0 Å². The maximum atomic E-state index is 12.5. The number of aryl methyl sites for hydroxylation is 2. The summed E-state index contributed by atoms with van der Waals surface area (Å²) in [5.74, 6) is -0.391. The lowest BCUT2D eigenvalue weighted by Gasteiger charge is -2.10. The van der Waals surface area contributed by atoms with Gasteiger partial charge in [-0.2, -0.15) is 13.2 Å². The molecule has 0 unspecified atom stereocenters. The Morgan fingerprint density at radius 1 is 1.30 bits per heavy atom. The molecular formula is C17H14F3N3O3S. The Labute approximate surface area is 155 Å². The third-order valence-corrected chi connectivity index (χ3v) is 4.93. The summed E-state index contributed by atoms with van der Waals surface area (Å²) in [4.78, 5) is 29.7. The third kappa shape index (κ3) is 4.11. The topological polar surface area (TPSA) is 73.2 Å². The summed E-state index contributed by atoms with van der Waals surface area (Å²) >= 11 is 1.10. The Morgan fingerprint density at radius 2 is 1.96 bits per heavy atom. The number of rotatable bonds is 4. The standard InChI is InChI=1S/C17H14F3N3O3S/c1-9-12-15(21-8-23(2)16(12)25)27-13(9)14(24)22-10-3-5-11(6-4-10)26-7-17(18,19)20/h3-6,8H,7H2,1-2H3,(H,22,24). The van der Waals surface area contributed by atoms with E-state index in [0.717, 1.165) is 11.3 Å². The fourth-order valence-corrected chi connectivity index (χ4v) is 3.45. The smallest absolute Gasteiger partial charge is 0.422 e. The summed E-state index contributed by atoms with van der Waals surface area (Å²) in [7, 11) is 1.58. The van der Waals surface area contributed by atoms with Crippen LogP contribution in [0.4, 0.5) is 18.9 Å². The molecule has 0 bridgehead atoms. The van der Waals surface area contributed by atoms with E-state index < -0.39 is 18.7 Å². The van der Waals surface area contributed by atoms with Crippen molar-refractivity contribution >= 4 is 33.1 Å². The minimum absolute atomic E-state index is 0.0380. The van der Waals surface area contributed by atoms with Crippen LogP contribution in [0.15, 0.2) is 35.4 Å². The lowest BCUT2D eigenvalue weighted by molar-refractivity contribution is -0.153. The molecule has 0 aliphatic heterocycles. The summed E-state index contributed by atoms with van der Waals surface area (Å²) in [6.45, 7) is 0.284. The van der Waals surface area contributed by atoms with Crippen molar-refractivity contribution in [2.24, 2.45) is 7.05 Å². The minimum atomic E-state index is -4.42. The van der Waals surface area contributed by atoms with Crippen LogP contribution in [-0.2, 0) is 7.05 Å². The average molecular weight is 397 g/mol. The predicted molar refractivity (Wildman–Crippen MR) is 95.5 cm³/mol. The van der Waals surface area contributed by atoms with Gasteiger partial charge in [-0.05, 0) is 36.8 Å². The van der Waals surface area contributed by atoms with Crippen LogP contribution in [0, 0.1) is 6.92 Å². The molecule has 1 aromatic carbocycles. The summed E-state index contributed by atoms with van der Waals surface area (Å²) in [5, 5.41) is 3.05. The highest BCUT2D eigenvalue weighted by Crippen LogP contribution is 2.28. The molecule has 0 spiro atoms. The number of benzene rings is 1. The summed E-state index contributed by atoms with van der Waals surface area (Å²) in [6, 6.07) is 5.53. The zero-order valence-corrected chi connectivity index (χ0v) is 15.1. The molecule has 0 radical (unpaired) electrons. The molecule has 27 heavy (non-hydrogen) atoms. The summed E-state index contributed by atoms with van der Waals surface area (Å²) in [5.41, 5.74) is 0.683. The lowest BCUT2D eigenvalue weighted by atomic mass is 10.2. The lowest BCUT2D eigenvalue weighted by Crippen LogP contribution is -2.19. The highest BCUT2D eigenvalue weighted by Gasteiger charge is 2.28. The molecule has 3 aromatic rings.